The van der Waals surface area contributed by atoms with Gasteiger partial charge < -0.3 is 15.7 Å². The van der Waals surface area contributed by atoms with Crippen molar-refractivity contribution in [1.29, 1.82) is 0 Å². The van der Waals surface area contributed by atoms with Crippen LogP contribution in [0.5, 0.6) is 0 Å². The molecule has 0 aliphatic rings. The Morgan fingerprint density at radius 3 is 2.50 bits per heavy atom. The van der Waals surface area contributed by atoms with Gasteiger partial charge in [0.2, 0.25) is 0 Å². The molecular weight excluding hydrogens is 223 g/mol. The van der Waals surface area contributed by atoms with E-state index in [0.717, 1.165) is 4.90 Å². The first kappa shape index (κ1) is 12.6. The van der Waals surface area contributed by atoms with Gasteiger partial charge in [-0.15, -0.1) is 0 Å². The van der Waals surface area contributed by atoms with E-state index in [1.807, 2.05) is 0 Å². The molecular formula is C9H12F3N3O. The molecule has 3 N–H and O–H groups in total. The van der Waals surface area contributed by atoms with E-state index in [1.54, 1.807) is 0 Å². The highest BCUT2D eigenvalue weighted by Gasteiger charge is 2.31. The van der Waals surface area contributed by atoms with E-state index in [9.17, 15) is 13.2 Å². The third kappa shape index (κ3) is 3.93. The van der Waals surface area contributed by atoms with Gasteiger partial charge >= 0.3 is 6.18 Å². The molecule has 4 nitrogen and oxygen atoms in total. The Morgan fingerprint density at radius 1 is 1.38 bits per heavy atom. The summed E-state index contributed by atoms with van der Waals surface area (Å²) in [5.74, 6) is 0.139. The molecule has 0 radical (unpaired) electrons. The van der Waals surface area contributed by atoms with E-state index in [2.05, 4.69) is 4.98 Å². The van der Waals surface area contributed by atoms with Gasteiger partial charge in [-0.25, -0.2) is 4.98 Å². The third-order valence-corrected chi connectivity index (χ3v) is 1.83. The van der Waals surface area contributed by atoms with E-state index in [4.69, 9.17) is 10.8 Å². The maximum Gasteiger partial charge on any atom is 0.405 e. The fourth-order valence-electron chi connectivity index (χ4n) is 1.20. The third-order valence-electron chi connectivity index (χ3n) is 1.83. The van der Waals surface area contributed by atoms with Crippen LogP contribution in [0.3, 0.4) is 0 Å². The lowest BCUT2D eigenvalue weighted by Crippen LogP contribution is -2.36. The van der Waals surface area contributed by atoms with E-state index < -0.39 is 12.7 Å². The zero-order chi connectivity index (χ0) is 12.2. The molecule has 90 valence electrons. The Hall–Kier alpha value is -1.50. The number of nitrogen functional groups attached to an aromatic ring is 1. The molecule has 0 atom stereocenters. The summed E-state index contributed by atoms with van der Waals surface area (Å²) >= 11 is 0. The highest BCUT2D eigenvalue weighted by Crippen LogP contribution is 2.20. The number of aromatic nitrogens is 1. The van der Waals surface area contributed by atoms with Crippen LogP contribution in [0.1, 0.15) is 0 Å². The summed E-state index contributed by atoms with van der Waals surface area (Å²) < 4.78 is 36.7. The minimum Gasteiger partial charge on any atom is -0.397 e. The Balaban J connectivity index is 2.80. The summed E-state index contributed by atoms with van der Waals surface area (Å²) in [4.78, 5) is 4.72. The van der Waals surface area contributed by atoms with Crippen molar-refractivity contribution in [2.75, 3.05) is 30.3 Å². The van der Waals surface area contributed by atoms with Crippen molar-refractivity contribution in [2.45, 2.75) is 6.18 Å². The summed E-state index contributed by atoms with van der Waals surface area (Å²) in [5, 5.41) is 8.69. The largest absolute Gasteiger partial charge is 0.405 e. The Bertz CT molecular complexity index is 326. The van der Waals surface area contributed by atoms with Gasteiger partial charge in [0.05, 0.1) is 18.5 Å². The number of hydrogen-bond acceptors (Lipinski definition) is 4. The predicted octanol–water partition coefficient (Wildman–Crippen LogP) is 1.02. The molecule has 0 aliphatic carbocycles. The molecule has 0 amide bonds. The normalized spacial score (nSPS) is 11.5. The molecule has 0 unspecified atom stereocenters. The van der Waals surface area contributed by atoms with E-state index in [-0.39, 0.29) is 19.0 Å². The van der Waals surface area contributed by atoms with Crippen LogP contribution < -0.4 is 10.6 Å². The van der Waals surface area contributed by atoms with Crippen molar-refractivity contribution in [1.82, 2.24) is 4.98 Å². The molecule has 1 rings (SSSR count). The molecule has 1 heterocycles. The van der Waals surface area contributed by atoms with Crippen molar-refractivity contribution in [3.8, 4) is 0 Å². The van der Waals surface area contributed by atoms with Gasteiger partial charge in [0.1, 0.15) is 12.4 Å². The van der Waals surface area contributed by atoms with Crippen LogP contribution in [0.2, 0.25) is 0 Å². The van der Waals surface area contributed by atoms with Crippen LogP contribution in [-0.2, 0) is 0 Å². The molecule has 0 bridgehead atoms. The second-order valence-corrected chi connectivity index (χ2v) is 3.21. The number of hydrogen-bond donors (Lipinski definition) is 2. The van der Waals surface area contributed by atoms with E-state index in [0.29, 0.717) is 5.69 Å². The Labute approximate surface area is 90.5 Å². The molecule has 7 heteroatoms. The highest BCUT2D eigenvalue weighted by molar-refractivity contribution is 5.45. The topological polar surface area (TPSA) is 62.4 Å². The first-order valence-electron chi connectivity index (χ1n) is 4.56. The minimum atomic E-state index is -4.34. The first-order chi connectivity index (χ1) is 7.42. The summed E-state index contributed by atoms with van der Waals surface area (Å²) in [7, 11) is 0. The lowest BCUT2D eigenvalue weighted by atomic mass is 10.3. The Kier molecular flexibility index (Phi) is 3.94. The zero-order valence-corrected chi connectivity index (χ0v) is 8.41. The fourth-order valence-corrected chi connectivity index (χ4v) is 1.20. The molecule has 0 saturated heterocycles. The van der Waals surface area contributed by atoms with Crippen LogP contribution in [0.4, 0.5) is 24.7 Å². The fraction of sp³-hybridized carbons (Fsp3) is 0.444. The van der Waals surface area contributed by atoms with Crippen LogP contribution in [0, 0.1) is 0 Å². The summed E-state index contributed by atoms with van der Waals surface area (Å²) in [6.07, 6.45) is -3.06. The molecule has 0 aromatic carbocycles. The second-order valence-electron chi connectivity index (χ2n) is 3.21. The van der Waals surface area contributed by atoms with Gasteiger partial charge in [-0.2, -0.15) is 13.2 Å². The Morgan fingerprint density at radius 2 is 2.06 bits per heavy atom. The molecule has 16 heavy (non-hydrogen) atoms. The number of nitrogens with zero attached hydrogens (tertiary/aromatic N) is 2. The number of rotatable bonds is 4. The molecule has 0 fully saturated rings. The number of alkyl halides is 3. The van der Waals surface area contributed by atoms with Crippen molar-refractivity contribution < 1.29 is 18.3 Å². The highest BCUT2D eigenvalue weighted by atomic mass is 19.4. The predicted molar refractivity (Wildman–Crippen MR) is 54.0 cm³/mol. The standard InChI is InChI=1S/C9H12F3N3O/c10-9(11,12)6-15(3-4-16)8-2-1-7(13)5-14-8/h1-2,5,16H,3-4,6,13H2. The van der Waals surface area contributed by atoms with Crippen molar-refractivity contribution in [2.24, 2.45) is 0 Å². The lowest BCUT2D eigenvalue weighted by molar-refractivity contribution is -0.119. The molecule has 0 spiro atoms. The van der Waals surface area contributed by atoms with Crippen LogP contribution >= 0.6 is 0 Å². The van der Waals surface area contributed by atoms with Crippen molar-refractivity contribution in [3.63, 3.8) is 0 Å². The lowest BCUT2D eigenvalue weighted by Gasteiger charge is -2.23. The minimum absolute atomic E-state index is 0.129. The van der Waals surface area contributed by atoms with Gasteiger partial charge in [0.15, 0.2) is 0 Å². The average Bonchev–Trinajstić information content (AvgIpc) is 2.16. The summed E-state index contributed by atoms with van der Waals surface area (Å²) in [6.45, 7) is -1.65. The number of nitrogens with two attached hydrogens (primary N) is 1. The first-order valence-corrected chi connectivity index (χ1v) is 4.56. The van der Waals surface area contributed by atoms with Gasteiger partial charge in [0, 0.05) is 6.54 Å². The maximum atomic E-state index is 12.2. The van der Waals surface area contributed by atoms with Gasteiger partial charge in [0.25, 0.3) is 0 Å². The smallest absolute Gasteiger partial charge is 0.397 e. The van der Waals surface area contributed by atoms with Gasteiger partial charge in [-0.1, -0.05) is 0 Å². The quantitative estimate of drug-likeness (QED) is 0.818. The molecule has 1 aromatic heterocycles. The number of anilines is 2. The van der Waals surface area contributed by atoms with E-state index >= 15 is 0 Å². The summed E-state index contributed by atoms with van der Waals surface area (Å²) in [6, 6.07) is 2.85. The maximum absolute atomic E-state index is 12.2. The van der Waals surface area contributed by atoms with Crippen LogP contribution in [0.25, 0.3) is 0 Å². The van der Waals surface area contributed by atoms with Crippen molar-refractivity contribution in [3.05, 3.63) is 18.3 Å². The number of aliphatic hydroxyl groups excluding tert-OH is 1. The molecule has 0 aliphatic heterocycles. The van der Waals surface area contributed by atoms with Gasteiger partial charge in [-0.05, 0) is 12.1 Å². The zero-order valence-electron chi connectivity index (χ0n) is 8.41. The van der Waals surface area contributed by atoms with E-state index in [1.165, 1.54) is 18.3 Å². The SMILES string of the molecule is Nc1ccc(N(CCO)CC(F)(F)F)nc1. The summed E-state index contributed by atoms with van der Waals surface area (Å²) in [5.41, 5.74) is 5.75. The van der Waals surface area contributed by atoms with Crippen LogP contribution in [-0.4, -0.2) is 36.0 Å². The molecule has 1 aromatic rings. The average molecular weight is 235 g/mol. The van der Waals surface area contributed by atoms with Crippen LogP contribution in [0.15, 0.2) is 18.3 Å². The number of halogens is 3. The number of pyridine rings is 1. The molecule has 0 saturated carbocycles. The second kappa shape index (κ2) is 5.02. The monoisotopic (exact) mass is 235 g/mol. The number of aliphatic hydroxyl groups is 1. The van der Waals surface area contributed by atoms with Crippen molar-refractivity contribution >= 4 is 11.5 Å². The van der Waals surface area contributed by atoms with Gasteiger partial charge in [-0.3, -0.25) is 0 Å².